The van der Waals surface area contributed by atoms with Crippen molar-refractivity contribution in [3.05, 3.63) is 23.2 Å². The van der Waals surface area contributed by atoms with Crippen molar-refractivity contribution in [3.63, 3.8) is 0 Å². The first-order valence-corrected chi connectivity index (χ1v) is 6.28. The first-order valence-electron chi connectivity index (χ1n) is 6.28. The Bertz CT molecular complexity index is 391. The van der Waals surface area contributed by atoms with Crippen molar-refractivity contribution in [1.82, 2.24) is 5.32 Å². The van der Waals surface area contributed by atoms with E-state index in [0.29, 0.717) is 23.8 Å². The first kappa shape index (κ1) is 12.2. The second-order valence-corrected chi connectivity index (χ2v) is 4.56. The molecule has 1 saturated carbocycles. The first-order chi connectivity index (χ1) is 8.24. The Kier molecular flexibility index (Phi) is 3.84. The van der Waals surface area contributed by atoms with E-state index in [4.69, 9.17) is 4.42 Å². The third-order valence-corrected chi connectivity index (χ3v) is 3.44. The van der Waals surface area contributed by atoms with Crippen molar-refractivity contribution in [1.29, 1.82) is 0 Å². The summed E-state index contributed by atoms with van der Waals surface area (Å²) < 4.78 is 5.43. The Hall–Kier alpha value is -1.29. The minimum atomic E-state index is -0.867. The topological polar surface area (TPSA) is 62.5 Å². The molecule has 1 aliphatic carbocycles. The van der Waals surface area contributed by atoms with Crippen LogP contribution in [0.25, 0.3) is 0 Å². The summed E-state index contributed by atoms with van der Waals surface area (Å²) in [6.45, 7) is 3.28. The second kappa shape index (κ2) is 5.36. The van der Waals surface area contributed by atoms with Gasteiger partial charge >= 0.3 is 5.97 Å². The monoisotopic (exact) mass is 237 g/mol. The van der Waals surface area contributed by atoms with Crippen LogP contribution in [0.3, 0.4) is 0 Å². The lowest BCUT2D eigenvalue weighted by Crippen LogP contribution is -2.14. The average Bonchev–Trinajstić information content (AvgIpc) is 2.94. The van der Waals surface area contributed by atoms with E-state index in [2.05, 4.69) is 5.32 Å². The number of rotatable bonds is 5. The molecule has 4 nitrogen and oxygen atoms in total. The van der Waals surface area contributed by atoms with E-state index in [1.54, 1.807) is 6.26 Å². The molecule has 94 valence electrons. The fraction of sp³-hybridized carbons (Fsp3) is 0.615. The predicted molar refractivity (Wildman–Crippen MR) is 64.3 cm³/mol. The number of aromatic carboxylic acids is 1. The van der Waals surface area contributed by atoms with Crippen LogP contribution in [0, 0.1) is 0 Å². The zero-order chi connectivity index (χ0) is 12.3. The fourth-order valence-corrected chi connectivity index (χ4v) is 2.56. The molecule has 0 bridgehead atoms. The van der Waals surface area contributed by atoms with Crippen molar-refractivity contribution >= 4 is 5.97 Å². The fourth-order valence-electron chi connectivity index (χ4n) is 2.56. The highest BCUT2D eigenvalue weighted by molar-refractivity contribution is 5.90. The molecule has 0 radical (unpaired) electrons. The maximum atomic E-state index is 11.3. The maximum Gasteiger partial charge on any atom is 0.339 e. The molecule has 2 rings (SSSR count). The molecular weight excluding hydrogens is 218 g/mol. The summed E-state index contributed by atoms with van der Waals surface area (Å²) in [5.41, 5.74) is 1.28. The lowest BCUT2D eigenvalue weighted by atomic mass is 9.95. The van der Waals surface area contributed by atoms with Crippen LogP contribution in [-0.2, 0) is 6.54 Å². The van der Waals surface area contributed by atoms with Crippen LogP contribution >= 0.6 is 0 Å². The number of carbonyl (C=O) groups is 1. The molecular formula is C13H19NO3. The van der Waals surface area contributed by atoms with Crippen molar-refractivity contribution in [2.75, 3.05) is 6.54 Å². The van der Waals surface area contributed by atoms with E-state index in [-0.39, 0.29) is 0 Å². The largest absolute Gasteiger partial charge is 0.478 e. The van der Waals surface area contributed by atoms with Crippen LogP contribution in [0.1, 0.15) is 60.2 Å². The van der Waals surface area contributed by atoms with Gasteiger partial charge in [-0.3, -0.25) is 0 Å². The lowest BCUT2D eigenvalue weighted by molar-refractivity contribution is 0.0692. The van der Waals surface area contributed by atoms with Crippen LogP contribution in [0.2, 0.25) is 0 Å². The van der Waals surface area contributed by atoms with Crippen LogP contribution in [0.4, 0.5) is 0 Å². The van der Waals surface area contributed by atoms with Crippen LogP contribution in [0.15, 0.2) is 10.7 Å². The molecule has 1 fully saturated rings. The van der Waals surface area contributed by atoms with Crippen molar-refractivity contribution in [2.45, 2.75) is 45.1 Å². The molecule has 0 aliphatic heterocycles. The Morgan fingerprint density at radius 1 is 1.53 bits per heavy atom. The van der Waals surface area contributed by atoms with Crippen molar-refractivity contribution in [3.8, 4) is 0 Å². The standard InChI is InChI=1S/C13H19NO3/c1-2-14-7-11-12(13(15)16)10(8-17-11)9-5-3-4-6-9/h8-9,14H,2-7H2,1H3,(H,15,16). The molecule has 17 heavy (non-hydrogen) atoms. The number of furan rings is 1. The van der Waals surface area contributed by atoms with E-state index in [9.17, 15) is 9.90 Å². The van der Waals surface area contributed by atoms with Gasteiger partial charge in [0, 0.05) is 5.56 Å². The molecule has 1 aromatic rings. The minimum absolute atomic E-state index is 0.375. The molecule has 0 spiro atoms. The molecule has 1 aromatic heterocycles. The number of carboxylic acid groups (broad SMARTS) is 1. The summed E-state index contributed by atoms with van der Waals surface area (Å²) in [5.74, 6) is 0.0648. The minimum Gasteiger partial charge on any atom is -0.478 e. The van der Waals surface area contributed by atoms with Gasteiger partial charge in [0.2, 0.25) is 0 Å². The van der Waals surface area contributed by atoms with E-state index in [1.807, 2.05) is 6.92 Å². The summed E-state index contributed by atoms with van der Waals surface area (Å²) in [6.07, 6.45) is 6.20. The van der Waals surface area contributed by atoms with E-state index < -0.39 is 5.97 Å². The maximum absolute atomic E-state index is 11.3. The summed E-state index contributed by atoms with van der Waals surface area (Å²) in [5, 5.41) is 12.4. The molecule has 0 atom stereocenters. The quantitative estimate of drug-likeness (QED) is 0.826. The molecule has 0 aromatic carbocycles. The van der Waals surface area contributed by atoms with Gasteiger partial charge in [0.25, 0.3) is 0 Å². The Morgan fingerprint density at radius 3 is 2.82 bits per heavy atom. The Labute approximate surface area is 101 Å². The van der Waals surface area contributed by atoms with Crippen LogP contribution in [-0.4, -0.2) is 17.6 Å². The normalized spacial score (nSPS) is 16.5. The van der Waals surface area contributed by atoms with Gasteiger partial charge in [-0.1, -0.05) is 19.8 Å². The Balaban J connectivity index is 2.25. The van der Waals surface area contributed by atoms with Gasteiger partial charge in [0.05, 0.1) is 12.8 Å². The zero-order valence-electron chi connectivity index (χ0n) is 10.2. The average molecular weight is 237 g/mol. The van der Waals surface area contributed by atoms with Crippen LogP contribution < -0.4 is 5.32 Å². The summed E-state index contributed by atoms with van der Waals surface area (Å²) in [7, 11) is 0. The van der Waals surface area contributed by atoms with E-state index in [0.717, 1.165) is 24.9 Å². The molecule has 4 heteroatoms. The number of carboxylic acids is 1. The summed E-state index contributed by atoms with van der Waals surface area (Å²) in [6, 6.07) is 0. The highest BCUT2D eigenvalue weighted by atomic mass is 16.4. The number of hydrogen-bond acceptors (Lipinski definition) is 3. The Morgan fingerprint density at radius 2 is 2.24 bits per heavy atom. The van der Waals surface area contributed by atoms with E-state index >= 15 is 0 Å². The van der Waals surface area contributed by atoms with Crippen LogP contribution in [0.5, 0.6) is 0 Å². The van der Waals surface area contributed by atoms with Crippen molar-refractivity contribution < 1.29 is 14.3 Å². The third kappa shape index (κ3) is 2.52. The summed E-state index contributed by atoms with van der Waals surface area (Å²) >= 11 is 0. The van der Waals surface area contributed by atoms with Gasteiger partial charge in [0.1, 0.15) is 11.3 Å². The molecule has 0 saturated heterocycles. The molecule has 1 aliphatic rings. The lowest BCUT2D eigenvalue weighted by Gasteiger charge is -2.07. The molecule has 1 heterocycles. The second-order valence-electron chi connectivity index (χ2n) is 4.56. The number of hydrogen-bond donors (Lipinski definition) is 2. The van der Waals surface area contributed by atoms with E-state index in [1.165, 1.54) is 12.8 Å². The van der Waals surface area contributed by atoms with Crippen molar-refractivity contribution in [2.24, 2.45) is 0 Å². The highest BCUT2D eigenvalue weighted by Crippen LogP contribution is 2.37. The highest BCUT2D eigenvalue weighted by Gasteiger charge is 2.27. The zero-order valence-corrected chi connectivity index (χ0v) is 10.2. The van der Waals surface area contributed by atoms with Gasteiger partial charge < -0.3 is 14.8 Å². The van der Waals surface area contributed by atoms with Gasteiger partial charge in [-0.05, 0) is 25.3 Å². The molecule has 0 unspecified atom stereocenters. The van der Waals surface area contributed by atoms with Gasteiger partial charge in [-0.25, -0.2) is 4.79 Å². The number of nitrogens with one attached hydrogen (secondary N) is 1. The predicted octanol–water partition coefficient (Wildman–Crippen LogP) is 2.74. The molecule has 2 N–H and O–H groups in total. The summed E-state index contributed by atoms with van der Waals surface area (Å²) in [4.78, 5) is 11.3. The van der Waals surface area contributed by atoms with Gasteiger partial charge in [-0.15, -0.1) is 0 Å². The smallest absolute Gasteiger partial charge is 0.339 e. The van der Waals surface area contributed by atoms with Gasteiger partial charge in [0.15, 0.2) is 0 Å². The SMILES string of the molecule is CCNCc1occ(C2CCCC2)c1C(=O)O. The van der Waals surface area contributed by atoms with Gasteiger partial charge in [-0.2, -0.15) is 0 Å². The third-order valence-electron chi connectivity index (χ3n) is 3.44. The molecule has 0 amide bonds.